The second-order valence-corrected chi connectivity index (χ2v) is 6.81. The summed E-state index contributed by atoms with van der Waals surface area (Å²) in [4.78, 5) is 23.6. The van der Waals surface area contributed by atoms with E-state index in [4.69, 9.17) is 23.2 Å². The van der Waals surface area contributed by atoms with Crippen LogP contribution in [-0.2, 0) is 9.59 Å². The van der Waals surface area contributed by atoms with Gasteiger partial charge in [-0.1, -0.05) is 59.6 Å². The number of nitrogens with one attached hydrogen (secondary N) is 2. The summed E-state index contributed by atoms with van der Waals surface area (Å²) in [5.41, 5.74) is 1.60. The van der Waals surface area contributed by atoms with Crippen molar-refractivity contribution in [2.75, 3.05) is 13.1 Å². The van der Waals surface area contributed by atoms with Crippen molar-refractivity contribution in [2.24, 2.45) is 0 Å². The fourth-order valence-corrected chi connectivity index (χ4v) is 2.74. The van der Waals surface area contributed by atoms with Crippen LogP contribution in [0.3, 0.4) is 0 Å². The van der Waals surface area contributed by atoms with Gasteiger partial charge in [0.05, 0.1) is 0 Å². The van der Waals surface area contributed by atoms with Crippen molar-refractivity contribution in [2.45, 2.75) is 12.8 Å². The number of amides is 2. The lowest BCUT2D eigenvalue weighted by Crippen LogP contribution is -2.25. The van der Waals surface area contributed by atoms with Gasteiger partial charge in [0.25, 0.3) is 0 Å². The van der Waals surface area contributed by atoms with Crippen molar-refractivity contribution in [3.05, 3.63) is 81.9 Å². The lowest BCUT2D eigenvalue weighted by atomic mass is 10.2. The number of rotatable bonds is 9. The van der Waals surface area contributed by atoms with E-state index < -0.39 is 0 Å². The molecule has 2 rings (SSSR count). The zero-order chi connectivity index (χ0) is 20.2. The topological polar surface area (TPSA) is 58.2 Å². The average Bonchev–Trinajstić information content (AvgIpc) is 2.69. The van der Waals surface area contributed by atoms with Gasteiger partial charge in [0, 0.05) is 35.3 Å². The van der Waals surface area contributed by atoms with Crippen LogP contribution in [-0.4, -0.2) is 24.9 Å². The predicted molar refractivity (Wildman–Crippen MR) is 116 cm³/mol. The maximum absolute atomic E-state index is 11.8. The molecule has 0 aliphatic heterocycles. The minimum atomic E-state index is -0.174. The third kappa shape index (κ3) is 7.99. The molecule has 28 heavy (non-hydrogen) atoms. The summed E-state index contributed by atoms with van der Waals surface area (Å²) in [6.07, 6.45) is 7.82. The Bertz CT molecular complexity index is 792. The molecule has 146 valence electrons. The third-order valence-electron chi connectivity index (χ3n) is 3.84. The summed E-state index contributed by atoms with van der Waals surface area (Å²) in [5, 5.41) is 6.81. The number of benzene rings is 2. The normalized spacial score (nSPS) is 11.1. The van der Waals surface area contributed by atoms with Crippen LogP contribution in [0.1, 0.15) is 24.0 Å². The highest BCUT2D eigenvalue weighted by Gasteiger charge is 1.99. The zero-order valence-electron chi connectivity index (χ0n) is 15.3. The second-order valence-electron chi connectivity index (χ2n) is 6.00. The van der Waals surface area contributed by atoms with Crippen molar-refractivity contribution in [3.63, 3.8) is 0 Å². The van der Waals surface area contributed by atoms with E-state index in [2.05, 4.69) is 10.6 Å². The van der Waals surface area contributed by atoms with Gasteiger partial charge in [0.2, 0.25) is 11.8 Å². The fourth-order valence-electron chi connectivity index (χ4n) is 2.34. The van der Waals surface area contributed by atoms with Crippen molar-refractivity contribution in [1.29, 1.82) is 0 Å². The van der Waals surface area contributed by atoms with Gasteiger partial charge in [-0.2, -0.15) is 0 Å². The largest absolute Gasteiger partial charge is 0.353 e. The van der Waals surface area contributed by atoms with Gasteiger partial charge in [-0.3, -0.25) is 9.59 Å². The van der Waals surface area contributed by atoms with Crippen LogP contribution in [0.2, 0.25) is 10.0 Å². The lowest BCUT2D eigenvalue weighted by Gasteiger charge is -2.04. The maximum Gasteiger partial charge on any atom is 0.243 e. The maximum atomic E-state index is 11.8. The molecule has 0 saturated heterocycles. The van der Waals surface area contributed by atoms with Crippen LogP contribution in [0, 0.1) is 0 Å². The highest BCUT2D eigenvalue weighted by Crippen LogP contribution is 2.16. The van der Waals surface area contributed by atoms with E-state index in [-0.39, 0.29) is 11.8 Å². The first kappa shape index (κ1) is 21.7. The summed E-state index contributed by atoms with van der Waals surface area (Å²) in [6, 6.07) is 14.6. The van der Waals surface area contributed by atoms with E-state index in [0.29, 0.717) is 23.1 Å². The Morgan fingerprint density at radius 3 is 1.50 bits per heavy atom. The quantitative estimate of drug-likeness (QED) is 0.458. The molecular formula is C22H22Cl2N2O2. The summed E-state index contributed by atoms with van der Waals surface area (Å²) in [6.45, 7) is 1.08. The molecule has 0 radical (unpaired) electrons. The predicted octanol–water partition coefficient (Wildman–Crippen LogP) is 4.73. The number of hydrogen-bond acceptors (Lipinski definition) is 2. The van der Waals surface area contributed by atoms with Gasteiger partial charge >= 0.3 is 0 Å². The van der Waals surface area contributed by atoms with Crippen molar-refractivity contribution in [3.8, 4) is 0 Å². The van der Waals surface area contributed by atoms with Crippen LogP contribution < -0.4 is 10.6 Å². The van der Waals surface area contributed by atoms with Crippen LogP contribution in [0.25, 0.3) is 12.2 Å². The molecule has 0 fully saturated rings. The number of carbonyl (C=O) groups is 2. The molecule has 2 aromatic carbocycles. The molecule has 2 amide bonds. The first-order chi connectivity index (χ1) is 13.6. The van der Waals surface area contributed by atoms with Crippen LogP contribution in [0.5, 0.6) is 0 Å². The second kappa shape index (κ2) is 12.0. The molecule has 6 heteroatoms. The van der Waals surface area contributed by atoms with E-state index in [0.717, 1.165) is 24.0 Å². The molecule has 0 atom stereocenters. The zero-order valence-corrected chi connectivity index (χ0v) is 16.8. The number of hydrogen-bond donors (Lipinski definition) is 2. The first-order valence-corrected chi connectivity index (χ1v) is 9.73. The Morgan fingerprint density at radius 1 is 0.714 bits per heavy atom. The molecule has 4 nitrogen and oxygen atoms in total. The first-order valence-electron chi connectivity index (χ1n) is 8.97. The lowest BCUT2D eigenvalue weighted by molar-refractivity contribution is -0.117. The van der Waals surface area contributed by atoms with Crippen LogP contribution in [0.4, 0.5) is 0 Å². The van der Waals surface area contributed by atoms with Gasteiger partial charge in [-0.05, 0) is 48.3 Å². The van der Waals surface area contributed by atoms with Gasteiger partial charge in [0.1, 0.15) is 0 Å². The van der Waals surface area contributed by atoms with Gasteiger partial charge < -0.3 is 10.6 Å². The van der Waals surface area contributed by atoms with E-state index in [1.807, 2.05) is 36.4 Å². The SMILES string of the molecule is O=C(C=Cc1ccccc1Cl)NCCCCNC(=O)C=Cc1ccccc1Cl. The molecule has 0 heterocycles. The highest BCUT2D eigenvalue weighted by molar-refractivity contribution is 6.32. The molecule has 2 N–H and O–H groups in total. The number of halogens is 2. The fraction of sp³-hybridized carbons (Fsp3) is 0.182. The number of carbonyl (C=O) groups excluding carboxylic acids is 2. The monoisotopic (exact) mass is 416 g/mol. The van der Waals surface area contributed by atoms with Crippen molar-refractivity contribution < 1.29 is 9.59 Å². The molecule has 0 saturated carbocycles. The Hall–Kier alpha value is -2.56. The Balaban J connectivity index is 1.59. The minimum Gasteiger partial charge on any atom is -0.353 e. The van der Waals surface area contributed by atoms with Crippen LogP contribution in [0.15, 0.2) is 60.7 Å². The van der Waals surface area contributed by atoms with E-state index >= 15 is 0 Å². The molecule has 0 aliphatic rings. The molecule has 0 bridgehead atoms. The average molecular weight is 417 g/mol. The van der Waals surface area contributed by atoms with E-state index in [9.17, 15) is 9.59 Å². The summed E-state index contributed by atoms with van der Waals surface area (Å²) >= 11 is 12.1. The Kier molecular flexibility index (Phi) is 9.32. The van der Waals surface area contributed by atoms with Gasteiger partial charge in [-0.25, -0.2) is 0 Å². The van der Waals surface area contributed by atoms with Gasteiger partial charge in [0.15, 0.2) is 0 Å². The minimum absolute atomic E-state index is 0.174. The molecule has 0 aliphatic carbocycles. The van der Waals surface area contributed by atoms with Crippen LogP contribution >= 0.6 is 23.2 Å². The third-order valence-corrected chi connectivity index (χ3v) is 4.53. The molecule has 0 aromatic heterocycles. The van der Waals surface area contributed by atoms with Crippen molar-refractivity contribution in [1.82, 2.24) is 10.6 Å². The molecule has 0 spiro atoms. The van der Waals surface area contributed by atoms with E-state index in [1.54, 1.807) is 24.3 Å². The summed E-state index contributed by atoms with van der Waals surface area (Å²) in [5.74, 6) is -0.349. The van der Waals surface area contributed by atoms with Gasteiger partial charge in [-0.15, -0.1) is 0 Å². The summed E-state index contributed by atoms with van der Waals surface area (Å²) < 4.78 is 0. The standard InChI is InChI=1S/C22H22Cl2N2O2/c23-19-9-3-1-7-17(19)11-13-21(27)25-15-5-6-16-26-22(28)14-12-18-8-2-4-10-20(18)24/h1-4,7-14H,5-6,15-16H2,(H,25,27)(H,26,28). The highest BCUT2D eigenvalue weighted by atomic mass is 35.5. The smallest absolute Gasteiger partial charge is 0.243 e. The molecular weight excluding hydrogens is 395 g/mol. The van der Waals surface area contributed by atoms with E-state index in [1.165, 1.54) is 12.2 Å². The number of unbranched alkanes of at least 4 members (excludes halogenated alkanes) is 1. The molecule has 0 unspecified atom stereocenters. The molecule has 2 aromatic rings. The van der Waals surface area contributed by atoms with Crippen molar-refractivity contribution >= 4 is 47.2 Å². The Morgan fingerprint density at radius 2 is 1.11 bits per heavy atom. The Labute approximate surface area is 175 Å². The summed E-state index contributed by atoms with van der Waals surface area (Å²) in [7, 11) is 0.